The van der Waals surface area contributed by atoms with Gasteiger partial charge in [0.1, 0.15) is 11.9 Å². The molecule has 0 spiro atoms. The van der Waals surface area contributed by atoms with Gasteiger partial charge in [0.05, 0.1) is 0 Å². The molecule has 0 saturated carbocycles. The number of hydrogen-bond acceptors (Lipinski definition) is 3. The normalized spacial score (nSPS) is 10.7. The largest absolute Gasteiger partial charge is 0.438 e. The van der Waals surface area contributed by atoms with Crippen LogP contribution in [0.5, 0.6) is 11.6 Å². The third-order valence-electron chi connectivity index (χ3n) is 2.65. The van der Waals surface area contributed by atoms with Crippen molar-refractivity contribution in [1.29, 1.82) is 0 Å². The van der Waals surface area contributed by atoms with Crippen LogP contribution in [0.2, 0.25) is 0 Å². The lowest BCUT2D eigenvalue weighted by Gasteiger charge is -2.10. The SMILES string of the molecule is CCCn1nncc1Oc1cc(C)c(Br)c(C)c1. The molecule has 0 aliphatic carbocycles. The maximum absolute atomic E-state index is 5.84. The predicted molar refractivity (Wildman–Crippen MR) is 74.0 cm³/mol. The fourth-order valence-corrected chi connectivity index (χ4v) is 2.01. The summed E-state index contributed by atoms with van der Waals surface area (Å²) in [6, 6.07) is 4.00. The zero-order valence-electron chi connectivity index (χ0n) is 10.8. The van der Waals surface area contributed by atoms with Gasteiger partial charge in [-0.05, 0) is 43.5 Å². The zero-order chi connectivity index (χ0) is 13.1. The molecule has 0 atom stereocenters. The molecular weight excluding hydrogens is 294 g/mol. The van der Waals surface area contributed by atoms with Crippen LogP contribution in [0.3, 0.4) is 0 Å². The molecule has 0 aliphatic heterocycles. The number of aryl methyl sites for hydroxylation is 3. The molecule has 0 N–H and O–H groups in total. The van der Waals surface area contributed by atoms with E-state index in [0.717, 1.165) is 34.3 Å². The highest BCUT2D eigenvalue weighted by Gasteiger charge is 2.08. The summed E-state index contributed by atoms with van der Waals surface area (Å²) in [6.07, 6.45) is 2.64. The van der Waals surface area contributed by atoms with Crippen LogP contribution in [0.15, 0.2) is 22.8 Å². The zero-order valence-corrected chi connectivity index (χ0v) is 12.4. The molecule has 1 heterocycles. The Hall–Kier alpha value is -1.36. The van der Waals surface area contributed by atoms with Crippen molar-refractivity contribution in [3.63, 3.8) is 0 Å². The summed E-state index contributed by atoms with van der Waals surface area (Å²) in [5.41, 5.74) is 2.30. The van der Waals surface area contributed by atoms with Gasteiger partial charge in [-0.3, -0.25) is 0 Å². The Bertz CT molecular complexity index is 528. The molecule has 2 aromatic rings. The van der Waals surface area contributed by atoms with Gasteiger partial charge in [-0.25, -0.2) is 4.68 Å². The molecule has 5 heteroatoms. The van der Waals surface area contributed by atoms with Crippen molar-refractivity contribution in [2.24, 2.45) is 0 Å². The van der Waals surface area contributed by atoms with Crippen LogP contribution >= 0.6 is 15.9 Å². The van der Waals surface area contributed by atoms with E-state index in [1.54, 1.807) is 10.9 Å². The van der Waals surface area contributed by atoms with Crippen molar-refractivity contribution in [1.82, 2.24) is 15.0 Å². The van der Waals surface area contributed by atoms with Crippen molar-refractivity contribution in [2.45, 2.75) is 33.7 Å². The fraction of sp³-hybridized carbons (Fsp3) is 0.385. The standard InChI is InChI=1S/C13H16BrN3O/c1-4-5-17-12(8-15-16-17)18-11-6-9(2)13(14)10(3)7-11/h6-8H,4-5H2,1-3H3. The molecule has 1 aromatic heterocycles. The van der Waals surface area contributed by atoms with Crippen LogP contribution in [0, 0.1) is 13.8 Å². The Morgan fingerprint density at radius 2 is 1.94 bits per heavy atom. The molecule has 18 heavy (non-hydrogen) atoms. The van der Waals surface area contributed by atoms with Gasteiger partial charge in [0.15, 0.2) is 0 Å². The first kappa shape index (κ1) is 13.1. The van der Waals surface area contributed by atoms with Gasteiger partial charge in [0, 0.05) is 11.0 Å². The smallest absolute Gasteiger partial charge is 0.238 e. The van der Waals surface area contributed by atoms with Crippen LogP contribution in [0.1, 0.15) is 24.5 Å². The summed E-state index contributed by atoms with van der Waals surface area (Å²) in [4.78, 5) is 0. The summed E-state index contributed by atoms with van der Waals surface area (Å²) in [6.45, 7) is 7.00. The molecule has 0 unspecified atom stereocenters. The molecule has 2 rings (SSSR count). The first-order valence-electron chi connectivity index (χ1n) is 5.95. The molecule has 0 radical (unpaired) electrons. The molecule has 1 aromatic carbocycles. The van der Waals surface area contributed by atoms with Crippen LogP contribution in [-0.4, -0.2) is 15.0 Å². The van der Waals surface area contributed by atoms with E-state index in [2.05, 4.69) is 33.2 Å². The second-order valence-electron chi connectivity index (χ2n) is 4.27. The van der Waals surface area contributed by atoms with Crippen molar-refractivity contribution in [3.05, 3.63) is 33.9 Å². The van der Waals surface area contributed by atoms with E-state index in [1.807, 2.05) is 26.0 Å². The minimum atomic E-state index is 0.679. The maximum atomic E-state index is 5.84. The minimum Gasteiger partial charge on any atom is -0.438 e. The average Bonchev–Trinajstić information content (AvgIpc) is 2.74. The van der Waals surface area contributed by atoms with Gasteiger partial charge in [0.2, 0.25) is 5.88 Å². The van der Waals surface area contributed by atoms with Gasteiger partial charge in [-0.15, -0.1) is 5.10 Å². The summed E-state index contributed by atoms with van der Waals surface area (Å²) in [7, 11) is 0. The van der Waals surface area contributed by atoms with E-state index in [-0.39, 0.29) is 0 Å². The third-order valence-corrected chi connectivity index (χ3v) is 3.90. The van der Waals surface area contributed by atoms with Gasteiger partial charge in [-0.1, -0.05) is 28.1 Å². The first-order valence-corrected chi connectivity index (χ1v) is 6.74. The van der Waals surface area contributed by atoms with Crippen LogP contribution < -0.4 is 4.74 Å². The molecule has 96 valence electrons. The van der Waals surface area contributed by atoms with Crippen LogP contribution in [-0.2, 0) is 6.54 Å². The van der Waals surface area contributed by atoms with E-state index in [0.29, 0.717) is 5.88 Å². The molecule has 0 amide bonds. The average molecular weight is 310 g/mol. The number of nitrogens with zero attached hydrogens (tertiary/aromatic N) is 3. The lowest BCUT2D eigenvalue weighted by Crippen LogP contribution is -2.02. The van der Waals surface area contributed by atoms with Crippen LogP contribution in [0.25, 0.3) is 0 Å². The first-order chi connectivity index (χ1) is 8.61. The van der Waals surface area contributed by atoms with Crippen molar-refractivity contribution in [3.8, 4) is 11.6 Å². The Kier molecular flexibility index (Phi) is 4.01. The number of halogens is 1. The number of hydrogen-bond donors (Lipinski definition) is 0. The summed E-state index contributed by atoms with van der Waals surface area (Å²) < 4.78 is 8.73. The van der Waals surface area contributed by atoms with Crippen molar-refractivity contribution in [2.75, 3.05) is 0 Å². The van der Waals surface area contributed by atoms with Crippen molar-refractivity contribution >= 4 is 15.9 Å². The van der Waals surface area contributed by atoms with Gasteiger partial charge in [0.25, 0.3) is 0 Å². The van der Waals surface area contributed by atoms with E-state index >= 15 is 0 Å². The third kappa shape index (κ3) is 2.72. The molecule has 4 nitrogen and oxygen atoms in total. The van der Waals surface area contributed by atoms with Gasteiger partial charge < -0.3 is 4.74 Å². The van der Waals surface area contributed by atoms with E-state index < -0.39 is 0 Å². The molecule has 0 aliphatic rings. The topological polar surface area (TPSA) is 39.9 Å². The summed E-state index contributed by atoms with van der Waals surface area (Å²) in [5.74, 6) is 1.49. The van der Waals surface area contributed by atoms with E-state index in [4.69, 9.17) is 4.74 Å². The molecule has 0 saturated heterocycles. The lowest BCUT2D eigenvalue weighted by molar-refractivity contribution is 0.406. The Morgan fingerprint density at radius 1 is 1.28 bits per heavy atom. The Balaban J connectivity index is 2.26. The number of benzene rings is 1. The summed E-state index contributed by atoms with van der Waals surface area (Å²) in [5, 5.41) is 7.87. The number of aromatic nitrogens is 3. The quantitative estimate of drug-likeness (QED) is 0.861. The number of rotatable bonds is 4. The molecular formula is C13H16BrN3O. The number of ether oxygens (including phenoxy) is 1. The molecule has 0 bridgehead atoms. The highest BCUT2D eigenvalue weighted by atomic mass is 79.9. The van der Waals surface area contributed by atoms with Gasteiger partial charge in [-0.2, -0.15) is 0 Å². The Morgan fingerprint density at radius 3 is 2.56 bits per heavy atom. The molecule has 0 fully saturated rings. The van der Waals surface area contributed by atoms with E-state index in [9.17, 15) is 0 Å². The highest BCUT2D eigenvalue weighted by molar-refractivity contribution is 9.10. The second kappa shape index (κ2) is 5.52. The van der Waals surface area contributed by atoms with E-state index in [1.165, 1.54) is 0 Å². The minimum absolute atomic E-state index is 0.679. The maximum Gasteiger partial charge on any atom is 0.238 e. The lowest BCUT2D eigenvalue weighted by atomic mass is 10.1. The summed E-state index contributed by atoms with van der Waals surface area (Å²) >= 11 is 3.55. The predicted octanol–water partition coefficient (Wildman–Crippen LogP) is 3.86. The van der Waals surface area contributed by atoms with Crippen molar-refractivity contribution < 1.29 is 4.74 Å². The van der Waals surface area contributed by atoms with Gasteiger partial charge >= 0.3 is 0 Å². The second-order valence-corrected chi connectivity index (χ2v) is 5.06. The van der Waals surface area contributed by atoms with Crippen LogP contribution in [0.4, 0.5) is 0 Å². The highest BCUT2D eigenvalue weighted by Crippen LogP contribution is 2.29. The Labute approximate surface area is 115 Å². The monoisotopic (exact) mass is 309 g/mol. The fourth-order valence-electron chi connectivity index (χ4n) is 1.78.